The zero-order chi connectivity index (χ0) is 28.4. The lowest BCUT2D eigenvalue weighted by atomic mass is 10.1. The van der Waals surface area contributed by atoms with Crippen molar-refractivity contribution in [3.63, 3.8) is 0 Å². The molecule has 0 saturated carbocycles. The van der Waals surface area contributed by atoms with Gasteiger partial charge in [0.2, 0.25) is 0 Å². The van der Waals surface area contributed by atoms with E-state index >= 15 is 0 Å². The molecule has 0 aliphatic carbocycles. The van der Waals surface area contributed by atoms with Gasteiger partial charge in [0, 0.05) is 40.4 Å². The SMILES string of the molecule is CCCCCCOc1cc(-c2ccc(-c3ccc(I)s3)s2)c(OCCCCCC)cc1-c1ccc(-c2cccs2)s1. The first kappa shape index (κ1) is 30.8. The van der Waals surface area contributed by atoms with Crippen LogP contribution in [-0.2, 0) is 0 Å². The van der Waals surface area contributed by atoms with Crippen molar-refractivity contribution >= 4 is 67.9 Å². The molecule has 0 bridgehead atoms. The van der Waals surface area contributed by atoms with Crippen LogP contribution in [0.3, 0.4) is 0 Å². The topological polar surface area (TPSA) is 18.5 Å². The van der Waals surface area contributed by atoms with Gasteiger partial charge in [0.15, 0.2) is 0 Å². The number of benzene rings is 1. The zero-order valence-electron chi connectivity index (χ0n) is 23.7. The van der Waals surface area contributed by atoms with E-state index in [0.29, 0.717) is 0 Å². The van der Waals surface area contributed by atoms with Crippen LogP contribution in [0.25, 0.3) is 40.4 Å². The van der Waals surface area contributed by atoms with Gasteiger partial charge in [-0.3, -0.25) is 0 Å². The van der Waals surface area contributed by atoms with E-state index in [1.165, 1.54) is 70.7 Å². The van der Waals surface area contributed by atoms with E-state index in [2.05, 4.69) is 102 Å². The number of unbranched alkanes of at least 4 members (excludes halogenated alkanes) is 6. The van der Waals surface area contributed by atoms with Gasteiger partial charge in [-0.2, -0.15) is 0 Å². The second-order valence-electron chi connectivity index (χ2n) is 10.1. The number of ether oxygens (including phenoxy) is 2. The molecule has 0 unspecified atom stereocenters. The van der Waals surface area contributed by atoms with Gasteiger partial charge in [-0.25, -0.2) is 0 Å². The number of rotatable bonds is 16. The van der Waals surface area contributed by atoms with Crippen LogP contribution in [0.1, 0.15) is 65.2 Å². The molecule has 0 radical (unpaired) electrons. The van der Waals surface area contributed by atoms with E-state index in [9.17, 15) is 0 Å². The van der Waals surface area contributed by atoms with Crippen molar-refractivity contribution in [3.8, 4) is 51.9 Å². The summed E-state index contributed by atoms with van der Waals surface area (Å²) in [5, 5.41) is 2.14. The predicted molar refractivity (Wildman–Crippen MR) is 192 cm³/mol. The summed E-state index contributed by atoms with van der Waals surface area (Å²) in [7, 11) is 0. The predicted octanol–water partition coefficient (Wildman–Crippen LogP) is 13.1. The lowest BCUT2D eigenvalue weighted by molar-refractivity contribution is 0.299. The first-order chi connectivity index (χ1) is 20.2. The summed E-state index contributed by atoms with van der Waals surface area (Å²) < 4.78 is 14.4. The maximum absolute atomic E-state index is 6.57. The Hall–Kier alpha value is -1.65. The van der Waals surface area contributed by atoms with E-state index in [0.717, 1.165) is 48.7 Å². The Balaban J connectivity index is 1.52. The monoisotopic (exact) mass is 732 g/mol. The maximum atomic E-state index is 6.57. The Morgan fingerprint density at radius 2 is 1.07 bits per heavy atom. The molecule has 2 nitrogen and oxygen atoms in total. The normalized spacial score (nSPS) is 11.3. The lowest BCUT2D eigenvalue weighted by Crippen LogP contribution is -2.02. The molecular weight excluding hydrogens is 696 g/mol. The van der Waals surface area contributed by atoms with Gasteiger partial charge in [-0.1, -0.05) is 58.4 Å². The third kappa shape index (κ3) is 8.25. The second kappa shape index (κ2) is 15.7. The molecule has 216 valence electrons. The minimum atomic E-state index is 0.732. The molecule has 0 atom stereocenters. The molecule has 7 heteroatoms. The van der Waals surface area contributed by atoms with Crippen LogP contribution < -0.4 is 9.47 Å². The van der Waals surface area contributed by atoms with Crippen molar-refractivity contribution in [2.45, 2.75) is 65.2 Å². The summed E-state index contributed by atoms with van der Waals surface area (Å²) in [6.45, 7) is 5.97. The first-order valence-corrected chi connectivity index (χ1v) is 19.0. The molecule has 0 aliphatic heterocycles. The summed E-state index contributed by atoms with van der Waals surface area (Å²) in [6.07, 6.45) is 9.50. The van der Waals surface area contributed by atoms with Gasteiger partial charge in [-0.15, -0.1) is 45.3 Å². The van der Waals surface area contributed by atoms with Gasteiger partial charge in [0.1, 0.15) is 11.5 Å². The Morgan fingerprint density at radius 3 is 1.56 bits per heavy atom. The van der Waals surface area contributed by atoms with Crippen LogP contribution in [-0.4, -0.2) is 13.2 Å². The Kier molecular flexibility index (Phi) is 11.8. The first-order valence-electron chi connectivity index (χ1n) is 14.6. The smallest absolute Gasteiger partial charge is 0.128 e. The average Bonchev–Trinajstić information content (AvgIpc) is 3.79. The zero-order valence-corrected chi connectivity index (χ0v) is 29.2. The molecule has 5 aromatic rings. The Bertz CT molecular complexity index is 1490. The fourth-order valence-electron chi connectivity index (χ4n) is 4.70. The van der Waals surface area contributed by atoms with Crippen molar-refractivity contribution in [2.24, 2.45) is 0 Å². The van der Waals surface area contributed by atoms with E-state index in [4.69, 9.17) is 9.47 Å². The molecule has 0 spiro atoms. The van der Waals surface area contributed by atoms with E-state index < -0.39 is 0 Å². The summed E-state index contributed by atoms with van der Waals surface area (Å²) in [6, 6.07) is 22.2. The van der Waals surface area contributed by atoms with E-state index in [1.807, 2.05) is 34.0 Å². The Labute approximate surface area is 274 Å². The van der Waals surface area contributed by atoms with Crippen molar-refractivity contribution in [1.29, 1.82) is 0 Å². The van der Waals surface area contributed by atoms with Crippen LogP contribution in [0.2, 0.25) is 0 Å². The highest BCUT2D eigenvalue weighted by Crippen LogP contribution is 2.47. The van der Waals surface area contributed by atoms with Crippen molar-refractivity contribution in [3.05, 3.63) is 68.9 Å². The third-order valence-electron chi connectivity index (χ3n) is 6.92. The number of hydrogen-bond donors (Lipinski definition) is 0. The largest absolute Gasteiger partial charge is 0.493 e. The van der Waals surface area contributed by atoms with Gasteiger partial charge >= 0.3 is 0 Å². The number of hydrogen-bond acceptors (Lipinski definition) is 6. The highest BCUT2D eigenvalue weighted by atomic mass is 127. The molecule has 0 N–H and O–H groups in total. The van der Waals surface area contributed by atoms with Crippen molar-refractivity contribution in [1.82, 2.24) is 0 Å². The minimum Gasteiger partial charge on any atom is -0.493 e. The summed E-state index contributed by atoms with van der Waals surface area (Å²) in [5.41, 5.74) is 2.26. The van der Waals surface area contributed by atoms with E-state index in [1.54, 1.807) is 11.3 Å². The molecule has 1 aromatic carbocycles. The van der Waals surface area contributed by atoms with Gasteiger partial charge in [0.25, 0.3) is 0 Å². The molecule has 0 saturated heterocycles. The number of halogens is 1. The molecular formula is C34H37IO2S4. The summed E-state index contributed by atoms with van der Waals surface area (Å²) in [5.74, 6) is 1.91. The van der Waals surface area contributed by atoms with Crippen molar-refractivity contribution < 1.29 is 9.47 Å². The summed E-state index contributed by atoms with van der Waals surface area (Å²) in [4.78, 5) is 7.66. The van der Waals surface area contributed by atoms with Crippen LogP contribution >= 0.6 is 67.9 Å². The molecule has 4 aromatic heterocycles. The Morgan fingerprint density at radius 1 is 0.561 bits per heavy atom. The summed E-state index contributed by atoms with van der Waals surface area (Å²) >= 11 is 9.70. The van der Waals surface area contributed by atoms with Crippen LogP contribution in [0.5, 0.6) is 11.5 Å². The standard InChI is InChI=1S/C34H37IO2S4/c1-3-5-7-9-19-36-26-23-25(29-14-16-32(40-29)33-17-18-34(35)41-33)27(37-20-10-8-6-4-2)22-24(26)28-13-15-31(39-28)30-12-11-21-38-30/h11-18,21-23H,3-10,19-20H2,1-2H3. The fourth-order valence-corrected chi connectivity index (χ4v) is 9.30. The van der Waals surface area contributed by atoms with Crippen molar-refractivity contribution in [2.75, 3.05) is 13.2 Å². The minimum absolute atomic E-state index is 0.732. The molecule has 0 fully saturated rings. The molecule has 4 heterocycles. The maximum Gasteiger partial charge on any atom is 0.128 e. The highest BCUT2D eigenvalue weighted by Gasteiger charge is 2.19. The van der Waals surface area contributed by atoms with Gasteiger partial charge in [-0.05, 0) is 95.4 Å². The lowest BCUT2D eigenvalue weighted by Gasteiger charge is -2.17. The molecule has 41 heavy (non-hydrogen) atoms. The van der Waals surface area contributed by atoms with Gasteiger partial charge in [0.05, 0.1) is 16.1 Å². The van der Waals surface area contributed by atoms with Crippen LogP contribution in [0, 0.1) is 2.88 Å². The highest BCUT2D eigenvalue weighted by molar-refractivity contribution is 14.1. The van der Waals surface area contributed by atoms with E-state index in [-0.39, 0.29) is 0 Å². The van der Waals surface area contributed by atoms with Gasteiger partial charge < -0.3 is 9.47 Å². The van der Waals surface area contributed by atoms with Crippen LogP contribution in [0.15, 0.2) is 66.0 Å². The average molecular weight is 733 g/mol. The molecule has 5 rings (SSSR count). The molecule has 0 amide bonds. The quantitative estimate of drug-likeness (QED) is 0.0743. The second-order valence-corrected chi connectivity index (χ2v) is 16.2. The fraction of sp³-hybridized carbons (Fsp3) is 0.353. The molecule has 0 aliphatic rings. The number of thiophene rings is 4. The third-order valence-corrected chi connectivity index (χ3v) is 12.3. The van der Waals surface area contributed by atoms with Crippen LogP contribution in [0.4, 0.5) is 0 Å².